The standard InChI is InChI=1S/C13H19N3O3/c14-15-13-6-5-12(16(17)18)7-11(13)9-19-8-10-3-1-2-4-10/h5-7,10,15H,1-4,8-9,14H2. The second kappa shape index (κ2) is 6.49. The van der Waals surface area contributed by atoms with E-state index >= 15 is 0 Å². The van der Waals surface area contributed by atoms with Gasteiger partial charge in [-0.25, -0.2) is 0 Å². The number of hydrazine groups is 1. The zero-order chi connectivity index (χ0) is 13.7. The average Bonchev–Trinajstić information content (AvgIpc) is 2.91. The molecule has 0 spiro atoms. The lowest BCUT2D eigenvalue weighted by molar-refractivity contribution is -0.384. The van der Waals surface area contributed by atoms with Crippen LogP contribution in [0.15, 0.2) is 18.2 Å². The summed E-state index contributed by atoms with van der Waals surface area (Å²) in [6.07, 6.45) is 4.99. The predicted octanol–water partition coefficient (Wildman–Crippen LogP) is 2.59. The molecule has 6 heteroatoms. The molecule has 3 N–H and O–H groups in total. The zero-order valence-electron chi connectivity index (χ0n) is 10.8. The fraction of sp³-hybridized carbons (Fsp3) is 0.538. The van der Waals surface area contributed by atoms with Crippen molar-refractivity contribution >= 4 is 11.4 Å². The first kappa shape index (κ1) is 13.8. The van der Waals surface area contributed by atoms with Gasteiger partial charge in [0.05, 0.1) is 17.2 Å². The minimum atomic E-state index is -0.416. The van der Waals surface area contributed by atoms with Crippen molar-refractivity contribution < 1.29 is 9.66 Å². The van der Waals surface area contributed by atoms with Gasteiger partial charge in [0.25, 0.3) is 5.69 Å². The van der Waals surface area contributed by atoms with Gasteiger partial charge in [-0.05, 0) is 24.8 Å². The number of nitrogens with one attached hydrogen (secondary N) is 1. The molecule has 2 rings (SSSR count). The molecule has 0 amide bonds. The lowest BCUT2D eigenvalue weighted by Gasteiger charge is -2.12. The van der Waals surface area contributed by atoms with Crippen LogP contribution in [0.3, 0.4) is 0 Å². The van der Waals surface area contributed by atoms with E-state index in [1.807, 2.05) is 0 Å². The van der Waals surface area contributed by atoms with Crippen molar-refractivity contribution in [2.24, 2.45) is 11.8 Å². The third-order valence-electron chi connectivity index (χ3n) is 3.54. The van der Waals surface area contributed by atoms with Crippen molar-refractivity contribution in [2.75, 3.05) is 12.0 Å². The summed E-state index contributed by atoms with van der Waals surface area (Å²) in [7, 11) is 0. The molecule has 1 fully saturated rings. The highest BCUT2D eigenvalue weighted by molar-refractivity contribution is 5.55. The molecule has 1 aromatic carbocycles. The van der Waals surface area contributed by atoms with E-state index in [9.17, 15) is 10.1 Å². The molecular formula is C13H19N3O3. The number of nitro groups is 1. The maximum absolute atomic E-state index is 10.7. The number of nitro benzene ring substituents is 1. The molecule has 0 atom stereocenters. The van der Waals surface area contributed by atoms with E-state index in [0.29, 0.717) is 24.8 Å². The highest BCUT2D eigenvalue weighted by Crippen LogP contribution is 2.26. The van der Waals surface area contributed by atoms with Gasteiger partial charge < -0.3 is 10.2 Å². The number of nitrogen functional groups attached to an aromatic ring is 1. The Labute approximate surface area is 112 Å². The van der Waals surface area contributed by atoms with Gasteiger partial charge >= 0.3 is 0 Å². The van der Waals surface area contributed by atoms with E-state index in [2.05, 4.69) is 5.43 Å². The van der Waals surface area contributed by atoms with Gasteiger partial charge in [0.15, 0.2) is 0 Å². The molecule has 0 heterocycles. The first-order valence-electron chi connectivity index (χ1n) is 6.52. The minimum Gasteiger partial charge on any atom is -0.376 e. The quantitative estimate of drug-likeness (QED) is 0.468. The summed E-state index contributed by atoms with van der Waals surface area (Å²) in [6.45, 7) is 1.06. The number of nitrogens with two attached hydrogens (primary N) is 1. The molecule has 1 aliphatic carbocycles. The van der Waals surface area contributed by atoms with E-state index in [4.69, 9.17) is 10.6 Å². The van der Waals surface area contributed by atoms with Crippen molar-refractivity contribution in [3.63, 3.8) is 0 Å². The van der Waals surface area contributed by atoms with Gasteiger partial charge in [-0.2, -0.15) is 0 Å². The first-order valence-corrected chi connectivity index (χ1v) is 6.52. The zero-order valence-corrected chi connectivity index (χ0v) is 10.8. The summed E-state index contributed by atoms with van der Waals surface area (Å²) in [5.74, 6) is 6.03. The topological polar surface area (TPSA) is 90.4 Å². The Hall–Kier alpha value is -1.66. The summed E-state index contributed by atoms with van der Waals surface area (Å²) >= 11 is 0. The van der Waals surface area contributed by atoms with Crippen LogP contribution in [-0.2, 0) is 11.3 Å². The average molecular weight is 265 g/mol. The highest BCUT2D eigenvalue weighted by Gasteiger charge is 2.16. The highest BCUT2D eigenvalue weighted by atomic mass is 16.6. The van der Waals surface area contributed by atoms with E-state index in [-0.39, 0.29) is 5.69 Å². The van der Waals surface area contributed by atoms with Crippen LogP contribution < -0.4 is 11.3 Å². The molecular weight excluding hydrogens is 246 g/mol. The molecule has 104 valence electrons. The van der Waals surface area contributed by atoms with Crippen LogP contribution in [0.1, 0.15) is 31.2 Å². The van der Waals surface area contributed by atoms with Crippen LogP contribution in [-0.4, -0.2) is 11.5 Å². The monoisotopic (exact) mass is 265 g/mol. The van der Waals surface area contributed by atoms with Gasteiger partial charge in [-0.1, -0.05) is 12.8 Å². The normalized spacial score (nSPS) is 15.6. The van der Waals surface area contributed by atoms with Gasteiger partial charge in [-0.3, -0.25) is 16.0 Å². The van der Waals surface area contributed by atoms with Gasteiger partial charge in [0.2, 0.25) is 0 Å². The molecule has 1 saturated carbocycles. The number of hydrogen-bond acceptors (Lipinski definition) is 5. The van der Waals surface area contributed by atoms with Crippen LogP contribution in [0, 0.1) is 16.0 Å². The molecule has 0 unspecified atom stereocenters. The second-order valence-electron chi connectivity index (χ2n) is 4.91. The van der Waals surface area contributed by atoms with Crippen molar-refractivity contribution in [1.82, 2.24) is 0 Å². The molecule has 0 aromatic heterocycles. The van der Waals surface area contributed by atoms with Crippen molar-refractivity contribution in [2.45, 2.75) is 32.3 Å². The summed E-state index contributed by atoms with van der Waals surface area (Å²) < 4.78 is 5.66. The van der Waals surface area contributed by atoms with Crippen molar-refractivity contribution in [3.05, 3.63) is 33.9 Å². The molecule has 1 aromatic rings. The molecule has 19 heavy (non-hydrogen) atoms. The Morgan fingerprint density at radius 2 is 2.16 bits per heavy atom. The van der Waals surface area contributed by atoms with Gasteiger partial charge in [0, 0.05) is 24.3 Å². The lowest BCUT2D eigenvalue weighted by Crippen LogP contribution is -2.11. The number of nitrogens with zero attached hydrogens (tertiary/aromatic N) is 1. The van der Waals surface area contributed by atoms with E-state index in [0.717, 1.165) is 5.56 Å². The third-order valence-corrected chi connectivity index (χ3v) is 3.54. The van der Waals surface area contributed by atoms with Gasteiger partial charge in [-0.15, -0.1) is 0 Å². The Morgan fingerprint density at radius 1 is 1.42 bits per heavy atom. The molecule has 0 bridgehead atoms. The molecule has 0 saturated heterocycles. The second-order valence-corrected chi connectivity index (χ2v) is 4.91. The molecule has 0 radical (unpaired) electrons. The maximum atomic E-state index is 10.7. The predicted molar refractivity (Wildman–Crippen MR) is 72.5 cm³/mol. The first-order chi connectivity index (χ1) is 9.20. The minimum absolute atomic E-state index is 0.0541. The van der Waals surface area contributed by atoms with Crippen LogP contribution in [0.5, 0.6) is 0 Å². The lowest BCUT2D eigenvalue weighted by atomic mass is 10.1. The smallest absolute Gasteiger partial charge is 0.269 e. The van der Waals surface area contributed by atoms with Crippen LogP contribution in [0.2, 0.25) is 0 Å². The van der Waals surface area contributed by atoms with Crippen LogP contribution in [0.4, 0.5) is 11.4 Å². The van der Waals surface area contributed by atoms with Crippen LogP contribution >= 0.6 is 0 Å². The molecule has 6 nitrogen and oxygen atoms in total. The number of rotatable bonds is 6. The Balaban J connectivity index is 1.96. The van der Waals surface area contributed by atoms with E-state index in [1.54, 1.807) is 6.07 Å². The van der Waals surface area contributed by atoms with Crippen molar-refractivity contribution in [3.8, 4) is 0 Å². The fourth-order valence-electron chi connectivity index (χ4n) is 2.47. The molecule has 1 aliphatic rings. The van der Waals surface area contributed by atoms with E-state index < -0.39 is 4.92 Å². The number of non-ortho nitro benzene ring substituents is 1. The Kier molecular flexibility index (Phi) is 4.70. The largest absolute Gasteiger partial charge is 0.376 e. The van der Waals surface area contributed by atoms with Gasteiger partial charge in [0.1, 0.15) is 0 Å². The van der Waals surface area contributed by atoms with Crippen molar-refractivity contribution in [1.29, 1.82) is 0 Å². The summed E-state index contributed by atoms with van der Waals surface area (Å²) in [5.41, 5.74) is 3.97. The number of ether oxygens (including phenoxy) is 1. The summed E-state index contributed by atoms with van der Waals surface area (Å²) in [6, 6.07) is 4.53. The number of benzene rings is 1. The van der Waals surface area contributed by atoms with E-state index in [1.165, 1.54) is 37.8 Å². The molecule has 0 aliphatic heterocycles. The number of anilines is 1. The maximum Gasteiger partial charge on any atom is 0.269 e. The SMILES string of the molecule is NNc1ccc([N+](=O)[O-])cc1COCC1CCCC1. The Bertz CT molecular complexity index is 445. The van der Waals surface area contributed by atoms with Crippen LogP contribution in [0.25, 0.3) is 0 Å². The summed E-state index contributed by atoms with van der Waals surface area (Å²) in [5, 5.41) is 10.7. The Morgan fingerprint density at radius 3 is 2.79 bits per heavy atom. The number of hydrogen-bond donors (Lipinski definition) is 2. The fourth-order valence-corrected chi connectivity index (χ4v) is 2.47. The third kappa shape index (κ3) is 3.65. The summed E-state index contributed by atoms with van der Waals surface area (Å²) in [4.78, 5) is 10.3.